The third-order valence-electron chi connectivity index (χ3n) is 13.9. The summed E-state index contributed by atoms with van der Waals surface area (Å²) >= 11 is 0. The van der Waals surface area contributed by atoms with Gasteiger partial charge in [-0.3, -0.25) is 9.69 Å². The number of aromatic nitrogens is 2. The second-order valence-corrected chi connectivity index (χ2v) is 17.4. The van der Waals surface area contributed by atoms with Crippen LogP contribution in [0.2, 0.25) is 0 Å². The van der Waals surface area contributed by atoms with Gasteiger partial charge in [-0.1, -0.05) is 0 Å². The highest BCUT2D eigenvalue weighted by atomic mass is 19.4. The highest BCUT2D eigenvalue weighted by Crippen LogP contribution is 2.58. The van der Waals surface area contributed by atoms with Gasteiger partial charge in [0.2, 0.25) is 0 Å². The van der Waals surface area contributed by atoms with E-state index in [0.29, 0.717) is 98.3 Å². The Bertz CT molecular complexity index is 1950. The first-order valence-electron chi connectivity index (χ1n) is 19.9. The summed E-state index contributed by atoms with van der Waals surface area (Å²) in [4.78, 5) is 32.6. The number of aliphatic carboxylic acids is 1. The molecule has 3 heterocycles. The van der Waals surface area contributed by atoms with E-state index in [-0.39, 0.29) is 48.8 Å². The number of carbonyl (C=O) groups is 2. The molecule has 1 aromatic carbocycles. The van der Waals surface area contributed by atoms with E-state index in [4.69, 9.17) is 4.74 Å². The van der Waals surface area contributed by atoms with Crippen molar-refractivity contribution >= 4 is 22.8 Å². The Kier molecular flexibility index (Phi) is 8.97. The number of nitrogens with one attached hydrogen (secondary N) is 1. The summed E-state index contributed by atoms with van der Waals surface area (Å²) in [6.45, 7) is -0.405. The highest BCUT2D eigenvalue weighted by molar-refractivity contribution is 6.00. The summed E-state index contributed by atoms with van der Waals surface area (Å²) in [7, 11) is 0. The molecule has 8 nitrogen and oxygen atoms in total. The molecule has 0 atom stereocenters. The number of hydrogen-bond donors (Lipinski definition) is 2. The Morgan fingerprint density at radius 2 is 1.49 bits per heavy atom. The van der Waals surface area contributed by atoms with Crippen molar-refractivity contribution in [3.8, 4) is 17.0 Å². The third-order valence-corrected chi connectivity index (χ3v) is 13.9. The zero-order valence-electron chi connectivity index (χ0n) is 30.5. The Morgan fingerprint density at radius 3 is 2.09 bits per heavy atom. The van der Waals surface area contributed by atoms with Crippen LogP contribution in [0.25, 0.3) is 22.2 Å². The van der Waals surface area contributed by atoms with Gasteiger partial charge in [0.1, 0.15) is 17.5 Å². The van der Waals surface area contributed by atoms with Crippen molar-refractivity contribution < 1.29 is 45.8 Å². The predicted octanol–water partition coefficient (Wildman–Crippen LogP) is 8.83. The molecule has 0 unspecified atom stereocenters. The van der Waals surface area contributed by atoms with Crippen LogP contribution in [0.15, 0.2) is 36.5 Å². The van der Waals surface area contributed by atoms with Crippen LogP contribution in [0, 0.1) is 23.7 Å². The number of pyridine rings is 1. The Morgan fingerprint density at radius 1 is 0.855 bits per heavy atom. The number of carboxylic acids is 1. The molecule has 0 radical (unpaired) electrons. The second-order valence-electron chi connectivity index (χ2n) is 17.4. The van der Waals surface area contributed by atoms with Crippen LogP contribution >= 0.6 is 0 Å². The van der Waals surface area contributed by atoms with Crippen LogP contribution in [0.4, 0.5) is 26.3 Å². The van der Waals surface area contributed by atoms with E-state index in [9.17, 15) is 41.0 Å². The van der Waals surface area contributed by atoms with Gasteiger partial charge in [-0.15, -0.1) is 0 Å². The summed E-state index contributed by atoms with van der Waals surface area (Å²) in [6, 6.07) is 7.87. The van der Waals surface area contributed by atoms with E-state index in [1.807, 2.05) is 15.5 Å². The normalized spacial score (nSPS) is 34.4. The predicted molar refractivity (Wildman–Crippen MR) is 191 cm³/mol. The van der Waals surface area contributed by atoms with E-state index in [1.165, 1.54) is 6.07 Å². The van der Waals surface area contributed by atoms with E-state index in [1.54, 1.807) is 18.3 Å². The lowest BCUT2D eigenvalue weighted by Gasteiger charge is -2.59. The molecule has 0 spiro atoms. The zero-order valence-corrected chi connectivity index (χ0v) is 30.5. The Labute approximate surface area is 315 Å². The fourth-order valence-corrected chi connectivity index (χ4v) is 11.4. The highest BCUT2D eigenvalue weighted by Gasteiger charge is 2.62. The number of halogens is 6. The van der Waals surface area contributed by atoms with Crippen LogP contribution in [0.1, 0.15) is 106 Å². The first-order valence-corrected chi connectivity index (χ1v) is 19.9. The molecule has 296 valence electrons. The summed E-state index contributed by atoms with van der Waals surface area (Å²) < 4.78 is 94.0. The molecule has 2 N–H and O–H groups in total. The summed E-state index contributed by atoms with van der Waals surface area (Å²) in [5.74, 6) is -4.24. The molecule has 6 aliphatic carbocycles. The molecule has 10 rings (SSSR count). The maximum absolute atomic E-state index is 14.8. The van der Waals surface area contributed by atoms with E-state index in [2.05, 4.69) is 10.3 Å². The smallest absolute Gasteiger partial charge is 0.434 e. The third kappa shape index (κ3) is 6.57. The molecule has 7 fully saturated rings. The quantitative estimate of drug-likeness (QED) is 0.222. The molecule has 7 aliphatic rings. The number of carbonyl (C=O) groups excluding carboxylic acids is 1. The van der Waals surface area contributed by atoms with Crippen molar-refractivity contribution in [1.29, 1.82) is 0 Å². The molecule has 14 heteroatoms. The van der Waals surface area contributed by atoms with Gasteiger partial charge in [0.25, 0.3) is 11.8 Å². The molecule has 1 amide bonds. The average Bonchev–Trinajstić information content (AvgIpc) is 3.50. The van der Waals surface area contributed by atoms with Crippen molar-refractivity contribution in [1.82, 2.24) is 19.8 Å². The van der Waals surface area contributed by atoms with Crippen molar-refractivity contribution in [3.63, 3.8) is 0 Å². The van der Waals surface area contributed by atoms with Crippen LogP contribution < -0.4 is 10.1 Å². The van der Waals surface area contributed by atoms with Gasteiger partial charge in [-0.25, -0.2) is 22.9 Å². The molecular weight excluding hydrogens is 726 g/mol. The first-order chi connectivity index (χ1) is 26.2. The fourth-order valence-electron chi connectivity index (χ4n) is 11.4. The van der Waals surface area contributed by atoms with Crippen molar-refractivity contribution in [3.05, 3.63) is 47.8 Å². The van der Waals surface area contributed by atoms with Crippen LogP contribution in [-0.4, -0.2) is 74.3 Å². The SMILES string of the molecule is O=C(NC1(C(=O)O)C2CC3CC(C2)CC1C3)c1ccc(-c2cn(C3CCC(F)CC3)c3cc(O[C@H]4CC[C@H](N5CC(F)(F)C5)CC4)ccc23)nc1C(F)(F)F. The van der Waals surface area contributed by atoms with Crippen molar-refractivity contribution in [2.24, 2.45) is 23.7 Å². The van der Waals surface area contributed by atoms with Crippen molar-refractivity contribution in [2.45, 2.75) is 125 Å². The number of nitrogens with zero attached hydrogens (tertiary/aromatic N) is 3. The Hall–Kier alpha value is -3.81. The van der Waals surface area contributed by atoms with E-state index >= 15 is 0 Å². The molecule has 6 saturated carbocycles. The molecule has 55 heavy (non-hydrogen) atoms. The van der Waals surface area contributed by atoms with Gasteiger partial charge in [0.15, 0.2) is 5.69 Å². The van der Waals surface area contributed by atoms with Gasteiger partial charge in [-0.2, -0.15) is 13.2 Å². The number of carboxylic acid groups (broad SMARTS) is 1. The van der Waals surface area contributed by atoms with Gasteiger partial charge in [0, 0.05) is 35.3 Å². The van der Waals surface area contributed by atoms with Gasteiger partial charge < -0.3 is 19.7 Å². The lowest BCUT2D eigenvalue weighted by molar-refractivity contribution is -0.163. The monoisotopic (exact) mass is 772 g/mol. The van der Waals surface area contributed by atoms with Crippen LogP contribution in [0.5, 0.6) is 5.75 Å². The minimum atomic E-state index is -5.02. The molecule has 4 bridgehead atoms. The number of benzene rings is 1. The fraction of sp³-hybridized carbons (Fsp3) is 0.634. The summed E-state index contributed by atoms with van der Waals surface area (Å²) in [5, 5.41) is 13.8. The lowest BCUT2D eigenvalue weighted by atomic mass is 9.48. The minimum absolute atomic E-state index is 0.00191. The van der Waals surface area contributed by atoms with E-state index < -0.39 is 46.9 Å². The summed E-state index contributed by atoms with van der Waals surface area (Å²) in [6.07, 6.45) is 4.01. The topological polar surface area (TPSA) is 96.7 Å². The standard InChI is InChI=1S/C41H46F6N4O4/c42-26-1-3-28(4-2-26)51-19-33(31-10-9-30(18-35(31)51)55-29-7-5-27(6-8-29)50-20-39(43,44)21-50)34-12-11-32(36(48-34)41(45,46)47)37(52)49-40(38(53)54)24-14-22-13-23(16-24)17-25(40)15-22/h9-12,18-19,22-29H,1-8,13-17,20-21H2,(H,49,52)(H,53,54)/t22?,23?,24?,25?,26?,27-,28?,29-,40?. The Balaban J connectivity index is 1.01. The number of amides is 1. The number of alkyl halides is 6. The van der Waals surface area contributed by atoms with Gasteiger partial charge in [-0.05, 0) is 131 Å². The number of fused-ring (bicyclic) bond motifs is 1. The van der Waals surface area contributed by atoms with Crippen molar-refractivity contribution in [2.75, 3.05) is 13.1 Å². The van der Waals surface area contributed by atoms with Crippen LogP contribution in [-0.2, 0) is 11.0 Å². The van der Waals surface area contributed by atoms with Gasteiger partial charge in [0.05, 0.1) is 36.0 Å². The first kappa shape index (κ1) is 36.8. The molecule has 3 aromatic rings. The van der Waals surface area contributed by atoms with E-state index in [0.717, 1.165) is 25.3 Å². The summed E-state index contributed by atoms with van der Waals surface area (Å²) in [5.41, 5.74) is -2.61. The second kappa shape index (κ2) is 13.4. The minimum Gasteiger partial charge on any atom is -0.490 e. The molecule has 2 aromatic heterocycles. The van der Waals surface area contributed by atoms with Crippen LogP contribution in [0.3, 0.4) is 0 Å². The van der Waals surface area contributed by atoms with Gasteiger partial charge >= 0.3 is 12.1 Å². The molecular formula is C41H46F6N4O4. The maximum Gasteiger partial charge on any atom is 0.434 e. The lowest BCUT2D eigenvalue weighted by Crippen LogP contribution is -2.70. The maximum atomic E-state index is 14.8. The largest absolute Gasteiger partial charge is 0.490 e. The average molecular weight is 773 g/mol. The number of likely N-dealkylation sites (tertiary alicyclic amines) is 1. The number of ether oxygens (including phenoxy) is 1. The number of hydrogen-bond acceptors (Lipinski definition) is 5. The number of rotatable bonds is 8. The zero-order chi connectivity index (χ0) is 38.4. The molecule has 1 aliphatic heterocycles. The molecule has 1 saturated heterocycles.